The number of urea groups is 1. The van der Waals surface area contributed by atoms with Gasteiger partial charge in [0.05, 0.1) is 19.4 Å². The third kappa shape index (κ3) is 4.96. The Kier molecular flexibility index (Phi) is 7.32. The van der Waals surface area contributed by atoms with Gasteiger partial charge in [0.1, 0.15) is 16.9 Å². The Bertz CT molecular complexity index is 1570. The first-order valence-corrected chi connectivity index (χ1v) is 14.3. The maximum absolute atomic E-state index is 14.5. The number of anilines is 1. The van der Waals surface area contributed by atoms with Crippen molar-refractivity contribution in [3.05, 3.63) is 88.3 Å². The van der Waals surface area contributed by atoms with Gasteiger partial charge in [0, 0.05) is 43.9 Å². The van der Waals surface area contributed by atoms with E-state index in [-0.39, 0.29) is 30.4 Å². The lowest BCUT2D eigenvalue weighted by Crippen LogP contribution is -2.68. The summed E-state index contributed by atoms with van der Waals surface area (Å²) in [5, 5.41) is 2.49. The zero-order valence-corrected chi connectivity index (χ0v) is 23.7. The highest BCUT2D eigenvalue weighted by molar-refractivity contribution is 6.30. The number of amides is 4. The molecule has 10 nitrogen and oxygen atoms in total. The number of likely N-dealkylation sites (tertiary alicyclic amines) is 1. The van der Waals surface area contributed by atoms with E-state index in [1.807, 2.05) is 29.7 Å². The highest BCUT2D eigenvalue weighted by Crippen LogP contribution is 2.39. The number of carbonyl (C=O) groups excluding carboxylic acids is 3. The number of benzene rings is 2. The van der Waals surface area contributed by atoms with Gasteiger partial charge in [-0.15, -0.1) is 0 Å². The first kappa shape index (κ1) is 27.7. The summed E-state index contributed by atoms with van der Waals surface area (Å²) < 4.78 is 12.7. The lowest BCUT2D eigenvalue weighted by atomic mass is 9.75. The van der Waals surface area contributed by atoms with Gasteiger partial charge in [0.2, 0.25) is 5.91 Å². The maximum atomic E-state index is 14.5. The standard InChI is InChI=1S/C32H34N4O6/c1-3-42-26-13-9-24(10-14-26)36-30(39)32(29(38)33-31(36)40,16-21-7-11-25(41-2)12-8-21)20-34-17-22-15-23(19-34)27-5-4-6-28(37)35(27)18-22/h4-14,22-23H,3,15-20H2,1-2H3,(H,33,38,40)/t22-,23+,32+/m1/s1. The Morgan fingerprint density at radius 3 is 2.36 bits per heavy atom. The minimum Gasteiger partial charge on any atom is -0.497 e. The van der Waals surface area contributed by atoms with Crippen molar-refractivity contribution in [3.63, 3.8) is 0 Å². The summed E-state index contributed by atoms with van der Waals surface area (Å²) in [6.07, 6.45) is 1.05. The molecule has 2 bridgehead atoms. The van der Waals surface area contributed by atoms with Crippen LogP contribution in [0.4, 0.5) is 10.5 Å². The maximum Gasteiger partial charge on any atom is 0.335 e. The third-order valence-electron chi connectivity index (χ3n) is 8.59. The van der Waals surface area contributed by atoms with Crippen molar-refractivity contribution in [2.75, 3.05) is 38.3 Å². The van der Waals surface area contributed by atoms with Gasteiger partial charge >= 0.3 is 6.03 Å². The molecule has 3 aromatic rings. The van der Waals surface area contributed by atoms with Crippen molar-refractivity contribution < 1.29 is 23.9 Å². The first-order valence-electron chi connectivity index (χ1n) is 14.3. The van der Waals surface area contributed by atoms with Crippen LogP contribution < -0.4 is 25.2 Å². The van der Waals surface area contributed by atoms with Crippen LogP contribution in [0.3, 0.4) is 0 Å². The Balaban J connectivity index is 1.36. The topological polar surface area (TPSA) is 110 Å². The van der Waals surface area contributed by atoms with E-state index in [9.17, 15) is 19.2 Å². The van der Waals surface area contributed by atoms with Gasteiger partial charge < -0.3 is 18.9 Å². The van der Waals surface area contributed by atoms with Crippen LogP contribution in [-0.4, -0.2) is 60.7 Å². The van der Waals surface area contributed by atoms with E-state index in [1.54, 1.807) is 55.6 Å². The molecule has 42 heavy (non-hydrogen) atoms. The second-order valence-electron chi connectivity index (χ2n) is 11.3. The van der Waals surface area contributed by atoms with Crippen LogP contribution in [0.25, 0.3) is 0 Å². The lowest BCUT2D eigenvalue weighted by Gasteiger charge is -2.47. The molecule has 10 heteroatoms. The molecule has 2 aromatic carbocycles. The fourth-order valence-electron chi connectivity index (χ4n) is 6.72. The number of pyridine rings is 1. The molecule has 3 aliphatic heterocycles. The average Bonchev–Trinajstić information content (AvgIpc) is 2.98. The molecule has 218 valence electrons. The highest BCUT2D eigenvalue weighted by Gasteiger charge is 2.55. The van der Waals surface area contributed by atoms with Crippen molar-refractivity contribution in [2.24, 2.45) is 11.3 Å². The molecule has 0 spiro atoms. The van der Waals surface area contributed by atoms with E-state index in [0.29, 0.717) is 43.4 Å². The van der Waals surface area contributed by atoms with E-state index in [2.05, 4.69) is 10.2 Å². The number of barbiturate groups is 1. The Morgan fingerprint density at radius 2 is 1.64 bits per heavy atom. The number of aromatic nitrogens is 1. The number of nitrogens with zero attached hydrogens (tertiary/aromatic N) is 3. The SMILES string of the molecule is CCOc1ccc(N2C(=O)NC(=O)[C@](Cc3ccc(OC)cc3)(CN3C[C@H]4C[C@@H](C3)c3cccc(=O)n3C4)C2=O)cc1. The molecule has 0 unspecified atom stereocenters. The van der Waals surface area contributed by atoms with Crippen molar-refractivity contribution >= 4 is 23.5 Å². The van der Waals surface area contributed by atoms with Gasteiger partial charge in [0.15, 0.2) is 0 Å². The number of ether oxygens (including phenoxy) is 2. The van der Waals surface area contributed by atoms with Crippen LogP contribution in [0.15, 0.2) is 71.5 Å². The molecule has 3 aliphatic rings. The molecule has 0 saturated carbocycles. The predicted molar refractivity (Wildman–Crippen MR) is 156 cm³/mol. The summed E-state index contributed by atoms with van der Waals surface area (Å²) in [4.78, 5) is 57.2. The molecule has 0 radical (unpaired) electrons. The molecule has 3 atom stereocenters. The molecule has 1 aromatic heterocycles. The lowest BCUT2D eigenvalue weighted by molar-refractivity contribution is -0.144. The number of hydrogen-bond acceptors (Lipinski definition) is 7. The molecule has 2 saturated heterocycles. The number of imide groups is 2. The molecular formula is C32H34N4O6. The number of nitrogens with one attached hydrogen (secondary N) is 1. The largest absolute Gasteiger partial charge is 0.497 e. The van der Waals surface area contributed by atoms with Crippen molar-refractivity contribution in [1.82, 2.24) is 14.8 Å². The molecule has 4 heterocycles. The fraction of sp³-hybridized carbons (Fsp3) is 0.375. The van der Waals surface area contributed by atoms with Crippen LogP contribution in [0.2, 0.25) is 0 Å². The Hall–Kier alpha value is -4.44. The minimum absolute atomic E-state index is 0.00188. The Morgan fingerprint density at radius 1 is 0.905 bits per heavy atom. The molecule has 2 fully saturated rings. The van der Waals surface area contributed by atoms with Gasteiger partial charge in [-0.2, -0.15) is 0 Å². The summed E-state index contributed by atoms with van der Waals surface area (Å²) in [5.41, 5.74) is 0.547. The number of carbonyl (C=O) groups is 3. The number of fused-ring (bicyclic) bond motifs is 4. The summed E-state index contributed by atoms with van der Waals surface area (Å²) in [7, 11) is 1.58. The van der Waals surface area contributed by atoms with Crippen LogP contribution >= 0.6 is 0 Å². The molecule has 1 N–H and O–H groups in total. The Labute approximate surface area is 243 Å². The fourth-order valence-corrected chi connectivity index (χ4v) is 6.72. The zero-order valence-electron chi connectivity index (χ0n) is 23.7. The zero-order chi connectivity index (χ0) is 29.4. The normalized spacial score (nSPS) is 23.8. The van der Waals surface area contributed by atoms with Crippen LogP contribution in [-0.2, 0) is 22.6 Å². The van der Waals surface area contributed by atoms with Crippen LogP contribution in [0.5, 0.6) is 11.5 Å². The van der Waals surface area contributed by atoms with Gasteiger partial charge in [-0.3, -0.25) is 19.7 Å². The number of piperidine rings is 1. The van der Waals surface area contributed by atoms with E-state index >= 15 is 0 Å². The monoisotopic (exact) mass is 570 g/mol. The average molecular weight is 571 g/mol. The number of methoxy groups -OCH3 is 1. The predicted octanol–water partition coefficient (Wildman–Crippen LogP) is 3.19. The third-order valence-corrected chi connectivity index (χ3v) is 8.59. The van der Waals surface area contributed by atoms with Crippen molar-refractivity contribution in [2.45, 2.75) is 32.2 Å². The van der Waals surface area contributed by atoms with Crippen molar-refractivity contribution in [3.8, 4) is 11.5 Å². The summed E-state index contributed by atoms with van der Waals surface area (Å²) in [6.45, 7) is 4.33. The highest BCUT2D eigenvalue weighted by atomic mass is 16.5. The minimum atomic E-state index is -1.57. The number of hydrogen-bond donors (Lipinski definition) is 1. The molecule has 4 amide bonds. The first-order chi connectivity index (χ1) is 20.3. The van der Waals surface area contributed by atoms with Crippen molar-refractivity contribution in [1.29, 1.82) is 0 Å². The smallest absolute Gasteiger partial charge is 0.335 e. The van der Waals surface area contributed by atoms with E-state index in [0.717, 1.165) is 22.6 Å². The summed E-state index contributed by atoms with van der Waals surface area (Å²) in [5.74, 6) is 0.420. The molecular weight excluding hydrogens is 536 g/mol. The summed E-state index contributed by atoms with van der Waals surface area (Å²) in [6, 6.07) is 18.6. The van der Waals surface area contributed by atoms with Gasteiger partial charge in [-0.25, -0.2) is 9.69 Å². The van der Waals surface area contributed by atoms with Gasteiger partial charge in [-0.05, 0) is 73.7 Å². The quantitative estimate of drug-likeness (QED) is 0.414. The van der Waals surface area contributed by atoms with Gasteiger partial charge in [-0.1, -0.05) is 18.2 Å². The van der Waals surface area contributed by atoms with Gasteiger partial charge in [0.25, 0.3) is 11.5 Å². The molecule has 0 aliphatic carbocycles. The van der Waals surface area contributed by atoms with Crippen LogP contribution in [0.1, 0.15) is 30.5 Å². The van der Waals surface area contributed by atoms with E-state index in [4.69, 9.17) is 9.47 Å². The number of rotatable bonds is 8. The van der Waals surface area contributed by atoms with E-state index < -0.39 is 23.3 Å². The van der Waals surface area contributed by atoms with E-state index in [1.165, 1.54) is 0 Å². The second kappa shape index (κ2) is 11.1. The molecule has 6 rings (SSSR count). The summed E-state index contributed by atoms with van der Waals surface area (Å²) >= 11 is 0. The second-order valence-corrected chi connectivity index (χ2v) is 11.3. The van der Waals surface area contributed by atoms with Crippen LogP contribution in [0, 0.1) is 11.3 Å².